The average Bonchev–Trinajstić information content (AvgIpc) is 3.05. The van der Waals surface area contributed by atoms with E-state index in [9.17, 15) is 9.59 Å². The number of piperidine rings is 1. The van der Waals surface area contributed by atoms with Crippen molar-refractivity contribution in [3.8, 4) is 0 Å². The summed E-state index contributed by atoms with van der Waals surface area (Å²) in [6, 6.07) is 2.03. The minimum atomic E-state index is -0.228. The highest BCUT2D eigenvalue weighted by molar-refractivity contribution is 7.12. The van der Waals surface area contributed by atoms with E-state index in [0.29, 0.717) is 29.6 Å². The monoisotopic (exact) mass is 328 g/mol. The molecule has 0 N–H and O–H groups in total. The number of halogens is 1. The average molecular weight is 329 g/mol. The Kier molecular flexibility index (Phi) is 4.08. The Balaban J connectivity index is 1.62. The van der Waals surface area contributed by atoms with Crippen LogP contribution in [-0.4, -0.2) is 53.6 Å². The molecule has 2 aliphatic heterocycles. The molecule has 114 valence electrons. The standard InChI is InChI=1S/C14H17ClN2O3S/c1-9-8-20-14(19)17(9)10-2-5-16(6-3-10)13(18)12-11(15)4-7-21-12/h4,7,9-10H,2-3,5-6,8H2,1H3. The Labute approximate surface area is 132 Å². The van der Waals surface area contributed by atoms with E-state index < -0.39 is 0 Å². The van der Waals surface area contributed by atoms with Gasteiger partial charge in [0, 0.05) is 19.1 Å². The number of rotatable bonds is 2. The van der Waals surface area contributed by atoms with Crippen LogP contribution < -0.4 is 0 Å². The molecule has 0 aromatic carbocycles. The second-order valence-electron chi connectivity index (χ2n) is 5.45. The highest BCUT2D eigenvalue weighted by Crippen LogP contribution is 2.27. The normalized spacial score (nSPS) is 23.5. The number of cyclic esters (lactones) is 1. The van der Waals surface area contributed by atoms with Gasteiger partial charge in [-0.05, 0) is 31.2 Å². The molecular weight excluding hydrogens is 312 g/mol. The Morgan fingerprint density at radius 2 is 2.14 bits per heavy atom. The summed E-state index contributed by atoms with van der Waals surface area (Å²) in [5.41, 5.74) is 0. The third-order valence-electron chi connectivity index (χ3n) is 4.09. The summed E-state index contributed by atoms with van der Waals surface area (Å²) in [7, 11) is 0. The minimum Gasteiger partial charge on any atom is -0.447 e. The lowest BCUT2D eigenvalue weighted by atomic mass is 10.0. The van der Waals surface area contributed by atoms with E-state index in [4.69, 9.17) is 16.3 Å². The fourth-order valence-corrected chi connectivity index (χ4v) is 4.08. The Morgan fingerprint density at radius 1 is 1.43 bits per heavy atom. The molecule has 1 aromatic rings. The minimum absolute atomic E-state index is 0.00880. The molecule has 1 unspecified atom stereocenters. The second-order valence-corrected chi connectivity index (χ2v) is 6.78. The summed E-state index contributed by atoms with van der Waals surface area (Å²) in [5, 5.41) is 2.34. The fraction of sp³-hybridized carbons (Fsp3) is 0.571. The van der Waals surface area contributed by atoms with Crippen molar-refractivity contribution < 1.29 is 14.3 Å². The fourth-order valence-electron chi connectivity index (χ4n) is 2.97. The van der Waals surface area contributed by atoms with E-state index >= 15 is 0 Å². The van der Waals surface area contributed by atoms with Crippen molar-refractivity contribution in [3.63, 3.8) is 0 Å². The van der Waals surface area contributed by atoms with Crippen molar-refractivity contribution in [2.75, 3.05) is 19.7 Å². The van der Waals surface area contributed by atoms with Crippen LogP contribution in [0.25, 0.3) is 0 Å². The lowest BCUT2D eigenvalue weighted by Gasteiger charge is -2.37. The van der Waals surface area contributed by atoms with E-state index in [1.165, 1.54) is 11.3 Å². The number of amides is 2. The van der Waals surface area contributed by atoms with Crippen LogP contribution in [0, 0.1) is 0 Å². The molecular formula is C14H17ClN2O3S. The number of nitrogens with zero attached hydrogens (tertiary/aromatic N) is 2. The maximum atomic E-state index is 12.4. The summed E-state index contributed by atoms with van der Waals surface area (Å²) >= 11 is 7.39. The van der Waals surface area contributed by atoms with E-state index in [1.807, 2.05) is 22.1 Å². The van der Waals surface area contributed by atoms with Gasteiger partial charge in [-0.15, -0.1) is 11.3 Å². The van der Waals surface area contributed by atoms with Gasteiger partial charge in [0.25, 0.3) is 5.91 Å². The zero-order valence-corrected chi connectivity index (χ0v) is 13.3. The number of hydrogen-bond acceptors (Lipinski definition) is 4. The van der Waals surface area contributed by atoms with Crippen LogP contribution in [0.5, 0.6) is 0 Å². The van der Waals surface area contributed by atoms with Gasteiger partial charge >= 0.3 is 6.09 Å². The van der Waals surface area contributed by atoms with Gasteiger partial charge in [-0.3, -0.25) is 9.69 Å². The molecule has 0 radical (unpaired) electrons. The van der Waals surface area contributed by atoms with Gasteiger partial charge in [-0.25, -0.2) is 4.79 Å². The van der Waals surface area contributed by atoms with Gasteiger partial charge in [-0.1, -0.05) is 11.6 Å². The first-order valence-electron chi connectivity index (χ1n) is 7.05. The van der Waals surface area contributed by atoms with Crippen LogP contribution in [0.1, 0.15) is 29.4 Å². The molecule has 2 saturated heterocycles. The molecule has 1 atom stereocenters. The zero-order chi connectivity index (χ0) is 15.0. The predicted molar refractivity (Wildman–Crippen MR) is 80.9 cm³/mol. The van der Waals surface area contributed by atoms with Crippen molar-refractivity contribution in [2.24, 2.45) is 0 Å². The maximum absolute atomic E-state index is 12.4. The van der Waals surface area contributed by atoms with E-state index in [0.717, 1.165) is 12.8 Å². The van der Waals surface area contributed by atoms with E-state index in [1.54, 1.807) is 6.07 Å². The Bertz CT molecular complexity index is 554. The molecule has 0 spiro atoms. The SMILES string of the molecule is CC1COC(=O)N1C1CCN(C(=O)c2sccc2Cl)CC1. The van der Waals surface area contributed by atoms with Crippen molar-refractivity contribution in [3.05, 3.63) is 21.3 Å². The molecule has 2 amide bonds. The molecule has 0 bridgehead atoms. The van der Waals surface area contributed by atoms with Crippen LogP contribution >= 0.6 is 22.9 Å². The van der Waals surface area contributed by atoms with Crippen LogP contribution in [-0.2, 0) is 4.74 Å². The topological polar surface area (TPSA) is 49.9 Å². The van der Waals surface area contributed by atoms with E-state index in [-0.39, 0.29) is 24.1 Å². The number of hydrogen-bond donors (Lipinski definition) is 0. The van der Waals surface area contributed by atoms with Crippen LogP contribution in [0.3, 0.4) is 0 Å². The molecule has 2 fully saturated rings. The molecule has 7 heteroatoms. The van der Waals surface area contributed by atoms with Crippen LogP contribution in [0.2, 0.25) is 5.02 Å². The molecule has 0 saturated carbocycles. The van der Waals surface area contributed by atoms with Gasteiger partial charge in [0.05, 0.1) is 11.1 Å². The summed E-state index contributed by atoms with van der Waals surface area (Å²) in [4.78, 5) is 28.4. The third-order valence-corrected chi connectivity index (χ3v) is 5.42. The lowest BCUT2D eigenvalue weighted by molar-refractivity contribution is 0.0646. The highest BCUT2D eigenvalue weighted by atomic mass is 35.5. The smallest absolute Gasteiger partial charge is 0.410 e. The highest BCUT2D eigenvalue weighted by Gasteiger charge is 2.37. The van der Waals surface area contributed by atoms with Crippen LogP contribution in [0.4, 0.5) is 4.79 Å². The largest absolute Gasteiger partial charge is 0.447 e. The Hall–Kier alpha value is -1.27. The Morgan fingerprint density at radius 3 is 2.67 bits per heavy atom. The van der Waals surface area contributed by atoms with Crippen molar-refractivity contribution in [1.82, 2.24) is 9.80 Å². The van der Waals surface area contributed by atoms with E-state index in [2.05, 4.69) is 0 Å². The maximum Gasteiger partial charge on any atom is 0.410 e. The number of carbonyl (C=O) groups is 2. The third kappa shape index (κ3) is 2.74. The summed E-state index contributed by atoms with van der Waals surface area (Å²) in [6.07, 6.45) is 1.34. The molecule has 21 heavy (non-hydrogen) atoms. The van der Waals surface area contributed by atoms with Gasteiger partial charge in [0.2, 0.25) is 0 Å². The van der Waals surface area contributed by atoms with Gasteiger partial charge in [0.1, 0.15) is 11.5 Å². The van der Waals surface area contributed by atoms with Crippen molar-refractivity contribution >= 4 is 34.9 Å². The first kappa shape index (κ1) is 14.7. The van der Waals surface area contributed by atoms with Crippen LogP contribution in [0.15, 0.2) is 11.4 Å². The summed E-state index contributed by atoms with van der Waals surface area (Å²) in [6.45, 7) is 3.75. The molecule has 1 aromatic heterocycles. The zero-order valence-electron chi connectivity index (χ0n) is 11.8. The first-order valence-corrected chi connectivity index (χ1v) is 8.31. The lowest BCUT2D eigenvalue weighted by Crippen LogP contribution is -2.49. The quantitative estimate of drug-likeness (QED) is 0.838. The predicted octanol–water partition coefficient (Wildman–Crippen LogP) is 2.85. The molecule has 5 nitrogen and oxygen atoms in total. The number of carbonyl (C=O) groups excluding carboxylic acids is 2. The molecule has 3 rings (SSSR count). The molecule has 3 heterocycles. The number of thiophene rings is 1. The summed E-state index contributed by atoms with van der Waals surface area (Å²) < 4.78 is 5.07. The van der Waals surface area contributed by atoms with Gasteiger partial charge in [-0.2, -0.15) is 0 Å². The van der Waals surface area contributed by atoms with Gasteiger partial charge < -0.3 is 9.64 Å². The molecule has 0 aliphatic carbocycles. The molecule has 2 aliphatic rings. The first-order chi connectivity index (χ1) is 10.1. The second kappa shape index (κ2) is 5.85. The van der Waals surface area contributed by atoms with Crippen molar-refractivity contribution in [1.29, 1.82) is 0 Å². The van der Waals surface area contributed by atoms with Crippen molar-refractivity contribution in [2.45, 2.75) is 31.8 Å². The number of likely N-dealkylation sites (tertiary alicyclic amines) is 1. The van der Waals surface area contributed by atoms with Gasteiger partial charge in [0.15, 0.2) is 0 Å². The summed E-state index contributed by atoms with van der Waals surface area (Å²) in [5.74, 6) is -0.00880. The number of ether oxygens (including phenoxy) is 1.